The number of hydrogen-bond donors (Lipinski definition) is 2. The molecule has 0 saturated carbocycles. The van der Waals surface area contributed by atoms with Gasteiger partial charge in [0.1, 0.15) is 0 Å². The maximum atomic E-state index is 11.7. The molecule has 2 N–H and O–H groups in total. The van der Waals surface area contributed by atoms with Crippen LogP contribution in [0.5, 0.6) is 0 Å². The lowest BCUT2D eigenvalue weighted by Gasteiger charge is -2.08. The molecule has 0 aliphatic heterocycles. The molecule has 0 fully saturated rings. The van der Waals surface area contributed by atoms with Crippen LogP contribution in [-0.4, -0.2) is 24.4 Å². The Morgan fingerprint density at radius 3 is 2.12 bits per heavy atom. The van der Waals surface area contributed by atoms with Crippen LogP contribution in [-0.2, 0) is 20.7 Å². The number of hydrazine groups is 1. The first-order chi connectivity index (χ1) is 12.1. The van der Waals surface area contributed by atoms with E-state index in [-0.39, 0.29) is 19.4 Å². The van der Waals surface area contributed by atoms with Gasteiger partial charge in [-0.05, 0) is 17.7 Å². The molecule has 0 spiro atoms. The highest BCUT2D eigenvalue weighted by atomic mass is 16.5. The standard InChI is InChI=1S/C19H20N2O4/c22-17(20-21-19(24)16-9-5-2-6-10-16)11-12-18(23)25-14-13-15-7-3-1-4-8-15/h1-10H,11-14H2,(H,20,22)(H,21,24). The molecule has 0 saturated heterocycles. The van der Waals surface area contributed by atoms with Gasteiger partial charge in [-0.25, -0.2) is 0 Å². The van der Waals surface area contributed by atoms with Crippen molar-refractivity contribution in [3.63, 3.8) is 0 Å². The number of benzene rings is 2. The van der Waals surface area contributed by atoms with Crippen molar-refractivity contribution in [2.75, 3.05) is 6.61 Å². The van der Waals surface area contributed by atoms with Crippen molar-refractivity contribution in [3.8, 4) is 0 Å². The van der Waals surface area contributed by atoms with Gasteiger partial charge in [0.2, 0.25) is 5.91 Å². The zero-order chi connectivity index (χ0) is 17.9. The normalized spacial score (nSPS) is 9.92. The molecule has 0 atom stereocenters. The first-order valence-electron chi connectivity index (χ1n) is 7.99. The number of esters is 1. The molecule has 2 aromatic rings. The van der Waals surface area contributed by atoms with Gasteiger partial charge in [-0.15, -0.1) is 0 Å². The third-order valence-corrected chi connectivity index (χ3v) is 3.40. The SMILES string of the molecule is O=C(CCC(=O)OCCc1ccccc1)NNC(=O)c1ccccc1. The van der Waals surface area contributed by atoms with E-state index in [1.165, 1.54) is 0 Å². The average Bonchev–Trinajstić information content (AvgIpc) is 2.66. The van der Waals surface area contributed by atoms with Crippen molar-refractivity contribution in [1.82, 2.24) is 10.9 Å². The second-order valence-corrected chi connectivity index (χ2v) is 5.32. The predicted octanol–water partition coefficient (Wildman–Crippen LogP) is 2.01. The molecule has 6 nitrogen and oxygen atoms in total. The largest absolute Gasteiger partial charge is 0.465 e. The zero-order valence-corrected chi connectivity index (χ0v) is 13.7. The summed E-state index contributed by atoms with van der Waals surface area (Å²) in [4.78, 5) is 35.0. The summed E-state index contributed by atoms with van der Waals surface area (Å²) >= 11 is 0. The molecule has 0 radical (unpaired) electrons. The van der Waals surface area contributed by atoms with Crippen LogP contribution in [0.3, 0.4) is 0 Å². The summed E-state index contributed by atoms with van der Waals surface area (Å²) in [6.07, 6.45) is 0.535. The Bertz CT molecular complexity index is 702. The van der Waals surface area contributed by atoms with Crippen molar-refractivity contribution in [2.45, 2.75) is 19.3 Å². The Labute approximate surface area is 146 Å². The smallest absolute Gasteiger partial charge is 0.306 e. The van der Waals surface area contributed by atoms with E-state index in [1.807, 2.05) is 30.3 Å². The van der Waals surface area contributed by atoms with Gasteiger partial charge >= 0.3 is 5.97 Å². The second kappa shape index (κ2) is 9.87. The molecular formula is C19H20N2O4. The van der Waals surface area contributed by atoms with Crippen LogP contribution in [0.4, 0.5) is 0 Å². The summed E-state index contributed by atoms with van der Waals surface area (Å²) in [7, 11) is 0. The maximum absolute atomic E-state index is 11.7. The molecule has 25 heavy (non-hydrogen) atoms. The van der Waals surface area contributed by atoms with E-state index in [0.29, 0.717) is 12.0 Å². The molecule has 0 unspecified atom stereocenters. The summed E-state index contributed by atoms with van der Waals surface area (Å²) in [5.41, 5.74) is 6.08. The van der Waals surface area contributed by atoms with Gasteiger partial charge < -0.3 is 4.74 Å². The second-order valence-electron chi connectivity index (χ2n) is 5.32. The van der Waals surface area contributed by atoms with Crippen LogP contribution < -0.4 is 10.9 Å². The summed E-state index contributed by atoms with van der Waals surface area (Å²) in [5.74, 6) is -1.32. The highest BCUT2D eigenvalue weighted by Crippen LogP contribution is 2.01. The number of ether oxygens (including phenoxy) is 1. The lowest BCUT2D eigenvalue weighted by Crippen LogP contribution is -2.41. The fourth-order valence-corrected chi connectivity index (χ4v) is 2.07. The molecule has 0 aliphatic rings. The third kappa shape index (κ3) is 6.87. The van der Waals surface area contributed by atoms with Crippen LogP contribution in [0.25, 0.3) is 0 Å². The van der Waals surface area contributed by atoms with Gasteiger partial charge in [0, 0.05) is 18.4 Å². The van der Waals surface area contributed by atoms with E-state index < -0.39 is 17.8 Å². The molecular weight excluding hydrogens is 320 g/mol. The Morgan fingerprint density at radius 2 is 1.44 bits per heavy atom. The summed E-state index contributed by atoms with van der Waals surface area (Å²) in [6, 6.07) is 18.2. The van der Waals surface area contributed by atoms with E-state index in [4.69, 9.17) is 4.74 Å². The summed E-state index contributed by atoms with van der Waals surface area (Å²) in [6.45, 7) is 0.273. The Morgan fingerprint density at radius 1 is 0.800 bits per heavy atom. The van der Waals surface area contributed by atoms with Crippen molar-refractivity contribution in [1.29, 1.82) is 0 Å². The van der Waals surface area contributed by atoms with E-state index in [1.54, 1.807) is 30.3 Å². The number of carbonyl (C=O) groups excluding carboxylic acids is 3. The monoisotopic (exact) mass is 340 g/mol. The maximum Gasteiger partial charge on any atom is 0.306 e. The number of carbonyl (C=O) groups is 3. The molecule has 2 amide bonds. The van der Waals surface area contributed by atoms with Gasteiger partial charge in [-0.2, -0.15) is 0 Å². The van der Waals surface area contributed by atoms with Crippen LogP contribution in [0, 0.1) is 0 Å². The molecule has 2 rings (SSSR count). The topological polar surface area (TPSA) is 84.5 Å². The highest BCUT2D eigenvalue weighted by Gasteiger charge is 2.10. The first kappa shape index (κ1) is 18.2. The molecule has 130 valence electrons. The van der Waals surface area contributed by atoms with Crippen molar-refractivity contribution in [3.05, 3.63) is 71.8 Å². The first-order valence-corrected chi connectivity index (χ1v) is 7.99. The molecule has 0 bridgehead atoms. The molecule has 0 heterocycles. The quantitative estimate of drug-likeness (QED) is 0.596. The van der Waals surface area contributed by atoms with Gasteiger partial charge in [0.05, 0.1) is 13.0 Å². The van der Waals surface area contributed by atoms with E-state index >= 15 is 0 Å². The highest BCUT2D eigenvalue weighted by molar-refractivity contribution is 5.95. The Hall–Kier alpha value is -3.15. The molecule has 2 aromatic carbocycles. The van der Waals surface area contributed by atoms with E-state index in [9.17, 15) is 14.4 Å². The van der Waals surface area contributed by atoms with Crippen molar-refractivity contribution >= 4 is 17.8 Å². The lowest BCUT2D eigenvalue weighted by molar-refractivity contribution is -0.144. The fraction of sp³-hybridized carbons (Fsp3) is 0.211. The fourth-order valence-electron chi connectivity index (χ4n) is 2.07. The predicted molar refractivity (Wildman–Crippen MR) is 92.4 cm³/mol. The van der Waals surface area contributed by atoms with Gasteiger partial charge in [0.15, 0.2) is 0 Å². The Balaban J connectivity index is 1.59. The number of rotatable bonds is 7. The molecule has 6 heteroatoms. The zero-order valence-electron chi connectivity index (χ0n) is 13.7. The minimum absolute atomic E-state index is 0.0399. The lowest BCUT2D eigenvalue weighted by atomic mass is 10.2. The third-order valence-electron chi connectivity index (χ3n) is 3.40. The van der Waals surface area contributed by atoms with Crippen LogP contribution in [0.1, 0.15) is 28.8 Å². The minimum atomic E-state index is -0.454. The minimum Gasteiger partial charge on any atom is -0.465 e. The summed E-state index contributed by atoms with van der Waals surface area (Å²) in [5, 5.41) is 0. The van der Waals surface area contributed by atoms with Crippen LogP contribution >= 0.6 is 0 Å². The van der Waals surface area contributed by atoms with Crippen molar-refractivity contribution < 1.29 is 19.1 Å². The van der Waals surface area contributed by atoms with Crippen molar-refractivity contribution in [2.24, 2.45) is 0 Å². The van der Waals surface area contributed by atoms with Crippen LogP contribution in [0.15, 0.2) is 60.7 Å². The van der Waals surface area contributed by atoms with Crippen LogP contribution in [0.2, 0.25) is 0 Å². The Kier molecular flexibility index (Phi) is 7.18. The van der Waals surface area contributed by atoms with Gasteiger partial charge in [-0.1, -0.05) is 48.5 Å². The van der Waals surface area contributed by atoms with Gasteiger partial charge in [0.25, 0.3) is 5.91 Å². The van der Waals surface area contributed by atoms with E-state index in [0.717, 1.165) is 5.56 Å². The number of nitrogens with one attached hydrogen (secondary N) is 2. The van der Waals surface area contributed by atoms with E-state index in [2.05, 4.69) is 10.9 Å². The molecule has 0 aliphatic carbocycles. The molecule has 0 aromatic heterocycles. The number of hydrogen-bond acceptors (Lipinski definition) is 4. The van der Waals surface area contributed by atoms with Gasteiger partial charge in [-0.3, -0.25) is 25.2 Å². The number of amides is 2. The summed E-state index contributed by atoms with van der Waals surface area (Å²) < 4.78 is 5.08. The average molecular weight is 340 g/mol.